The van der Waals surface area contributed by atoms with Crippen molar-refractivity contribution < 1.29 is 14.4 Å². The van der Waals surface area contributed by atoms with Crippen LogP contribution >= 0.6 is 0 Å². The maximum Gasteiger partial charge on any atom is 0.224 e. The molecule has 0 aliphatic carbocycles. The number of anilines is 2. The molecule has 5 heteroatoms. The molecule has 0 fully saturated rings. The van der Waals surface area contributed by atoms with Crippen LogP contribution in [0.4, 0.5) is 11.4 Å². The van der Waals surface area contributed by atoms with E-state index in [1.165, 1.54) is 36.1 Å². The van der Waals surface area contributed by atoms with E-state index in [9.17, 15) is 14.4 Å². The van der Waals surface area contributed by atoms with Crippen LogP contribution in [0, 0.1) is 0 Å². The summed E-state index contributed by atoms with van der Waals surface area (Å²) in [5.74, 6) is 0.884. The van der Waals surface area contributed by atoms with Gasteiger partial charge in [-0.15, -0.1) is 0 Å². The minimum atomic E-state index is -0.0968. The number of carbonyl (C=O) groups excluding carboxylic acids is 3. The van der Waals surface area contributed by atoms with Crippen LogP contribution in [0.2, 0.25) is 0 Å². The van der Waals surface area contributed by atoms with Crippen LogP contribution in [0.1, 0.15) is 102 Å². The second kappa shape index (κ2) is 14.3. The topological polar surface area (TPSA) is 75.3 Å². The summed E-state index contributed by atoms with van der Waals surface area (Å²) in [6.07, 6.45) is 2.46. The molecule has 0 radical (unpaired) electrons. The summed E-state index contributed by atoms with van der Waals surface area (Å²) < 4.78 is 0. The predicted molar refractivity (Wildman–Crippen MR) is 143 cm³/mol. The van der Waals surface area contributed by atoms with E-state index >= 15 is 0 Å². The number of carbonyl (C=O) groups is 3. The molecule has 0 spiro atoms. The van der Waals surface area contributed by atoms with Gasteiger partial charge < -0.3 is 15.4 Å². The van der Waals surface area contributed by atoms with Crippen molar-refractivity contribution in [1.82, 2.24) is 0 Å². The smallest absolute Gasteiger partial charge is 0.224 e. The summed E-state index contributed by atoms with van der Waals surface area (Å²) in [5.41, 5.74) is 6.72. The maximum atomic E-state index is 11.7. The van der Waals surface area contributed by atoms with Crippen LogP contribution in [0.25, 0.3) is 0 Å². The van der Waals surface area contributed by atoms with Crippen molar-refractivity contribution in [1.29, 1.82) is 0 Å². The van der Waals surface area contributed by atoms with Gasteiger partial charge in [-0.05, 0) is 78.1 Å². The summed E-state index contributed by atoms with van der Waals surface area (Å²) in [6, 6.07) is 12.5. The second-order valence-electron chi connectivity index (χ2n) is 9.37. The molecule has 2 aromatic carbocycles. The fraction of sp³-hybridized carbons (Fsp3) is 0.483. The molecule has 2 aromatic rings. The van der Waals surface area contributed by atoms with E-state index in [0.717, 1.165) is 24.2 Å². The van der Waals surface area contributed by atoms with Gasteiger partial charge in [0, 0.05) is 31.1 Å². The van der Waals surface area contributed by atoms with Crippen molar-refractivity contribution in [2.75, 3.05) is 10.6 Å². The van der Waals surface area contributed by atoms with Crippen molar-refractivity contribution >= 4 is 29.0 Å². The highest BCUT2D eigenvalue weighted by Gasteiger charge is 2.08. The van der Waals surface area contributed by atoms with Gasteiger partial charge in [0.25, 0.3) is 0 Å². The molecular formula is C29H42N2O3. The van der Waals surface area contributed by atoms with E-state index in [0.29, 0.717) is 18.3 Å². The van der Waals surface area contributed by atoms with Crippen LogP contribution < -0.4 is 10.6 Å². The minimum absolute atomic E-state index is 0.0180. The Labute approximate surface area is 205 Å². The number of benzene rings is 2. The average Bonchev–Trinajstić information content (AvgIpc) is 2.77. The first-order valence-electron chi connectivity index (χ1n) is 12.3. The summed E-state index contributed by atoms with van der Waals surface area (Å²) in [4.78, 5) is 33.5. The first-order chi connectivity index (χ1) is 15.9. The third-order valence-corrected chi connectivity index (χ3v) is 5.49. The third-order valence-electron chi connectivity index (χ3n) is 5.49. The van der Waals surface area contributed by atoms with E-state index in [1.807, 2.05) is 12.1 Å². The van der Waals surface area contributed by atoms with Gasteiger partial charge in [0.15, 0.2) is 0 Å². The molecule has 2 N–H and O–H groups in total. The SMILES string of the molecule is CC(=O)Nc1cc(C(C)C)cc(C(C)C)c1.CCc1cc(CC)cc(NC(=O)CCC(C)=O)c1. The third kappa shape index (κ3) is 10.8. The van der Waals surface area contributed by atoms with E-state index in [4.69, 9.17) is 0 Å². The highest BCUT2D eigenvalue weighted by Crippen LogP contribution is 2.25. The maximum absolute atomic E-state index is 11.7. The molecule has 0 heterocycles. The summed E-state index contributed by atoms with van der Waals surface area (Å²) >= 11 is 0. The molecule has 2 rings (SSSR count). The zero-order valence-electron chi connectivity index (χ0n) is 22.2. The van der Waals surface area contributed by atoms with Crippen molar-refractivity contribution in [3.05, 3.63) is 58.7 Å². The molecule has 5 nitrogen and oxygen atoms in total. The summed E-state index contributed by atoms with van der Waals surface area (Å²) in [5, 5.41) is 5.71. The minimum Gasteiger partial charge on any atom is -0.326 e. The molecule has 0 bridgehead atoms. The molecular weight excluding hydrogens is 424 g/mol. The fourth-order valence-corrected chi connectivity index (χ4v) is 3.37. The van der Waals surface area contributed by atoms with Gasteiger partial charge in [0.1, 0.15) is 5.78 Å². The van der Waals surface area contributed by atoms with Crippen molar-refractivity contribution in [3.8, 4) is 0 Å². The Morgan fingerprint density at radius 1 is 0.676 bits per heavy atom. The Kier molecular flexibility index (Phi) is 12.3. The van der Waals surface area contributed by atoms with Gasteiger partial charge in [0.2, 0.25) is 11.8 Å². The number of amides is 2. The summed E-state index contributed by atoms with van der Waals surface area (Å²) in [7, 11) is 0. The van der Waals surface area contributed by atoms with Crippen LogP contribution in [0.5, 0.6) is 0 Å². The molecule has 0 aromatic heterocycles. The van der Waals surface area contributed by atoms with Crippen molar-refractivity contribution in [2.45, 2.75) is 92.9 Å². The molecule has 0 aliphatic heterocycles. The highest BCUT2D eigenvalue weighted by atomic mass is 16.2. The number of hydrogen-bond donors (Lipinski definition) is 2. The Hall–Kier alpha value is -2.95. The lowest BCUT2D eigenvalue weighted by Crippen LogP contribution is -2.13. The number of ketones is 1. The van der Waals surface area contributed by atoms with Crippen molar-refractivity contribution in [3.63, 3.8) is 0 Å². The van der Waals surface area contributed by atoms with Crippen molar-refractivity contribution in [2.24, 2.45) is 0 Å². The Morgan fingerprint density at radius 3 is 1.53 bits per heavy atom. The first kappa shape index (κ1) is 29.1. The fourth-order valence-electron chi connectivity index (χ4n) is 3.37. The standard InChI is InChI=1S/C15H21NO2.C14H21NO/c1-4-12-8-13(5-2)10-14(9-12)16-15(18)7-6-11(3)17;1-9(2)12-6-13(10(3)4)8-14(7-12)15-11(5)16/h8-10H,4-7H2,1-3H3,(H,16,18);6-10H,1-5H3,(H,15,16). The molecule has 0 atom stereocenters. The zero-order valence-corrected chi connectivity index (χ0v) is 22.2. The number of rotatable bonds is 9. The molecule has 0 saturated heterocycles. The lowest BCUT2D eigenvalue weighted by molar-refractivity contribution is -0.121. The highest BCUT2D eigenvalue weighted by molar-refractivity contribution is 5.93. The lowest BCUT2D eigenvalue weighted by atomic mass is 9.95. The number of hydrogen-bond acceptors (Lipinski definition) is 3. The Balaban J connectivity index is 0.000000342. The van der Waals surface area contributed by atoms with Crippen LogP contribution in [0.3, 0.4) is 0 Å². The van der Waals surface area contributed by atoms with Gasteiger partial charge in [-0.1, -0.05) is 53.7 Å². The molecule has 34 heavy (non-hydrogen) atoms. The quantitative estimate of drug-likeness (QED) is 0.417. The Morgan fingerprint density at radius 2 is 1.15 bits per heavy atom. The van der Waals surface area contributed by atoms with E-state index in [2.05, 4.69) is 76.4 Å². The summed E-state index contributed by atoms with van der Waals surface area (Å²) in [6.45, 7) is 15.9. The normalized spacial score (nSPS) is 10.5. The predicted octanol–water partition coefficient (Wildman–Crippen LogP) is 7.01. The van der Waals surface area contributed by atoms with Crippen LogP contribution in [0.15, 0.2) is 36.4 Å². The second-order valence-corrected chi connectivity index (χ2v) is 9.37. The first-order valence-corrected chi connectivity index (χ1v) is 12.3. The van der Waals surface area contributed by atoms with Crippen LogP contribution in [-0.2, 0) is 27.2 Å². The van der Waals surface area contributed by atoms with E-state index < -0.39 is 0 Å². The van der Waals surface area contributed by atoms with Gasteiger partial charge in [0.05, 0.1) is 0 Å². The largest absolute Gasteiger partial charge is 0.326 e. The van der Waals surface area contributed by atoms with Gasteiger partial charge in [-0.25, -0.2) is 0 Å². The molecule has 0 aliphatic rings. The number of Topliss-reactive ketones (excluding diaryl/α,β-unsaturated/α-hetero) is 1. The monoisotopic (exact) mass is 466 g/mol. The molecule has 186 valence electrons. The van der Waals surface area contributed by atoms with Gasteiger partial charge in [-0.3, -0.25) is 9.59 Å². The Bertz CT molecular complexity index is 929. The molecule has 0 saturated carbocycles. The molecule has 2 amide bonds. The number of aryl methyl sites for hydroxylation is 2. The van der Waals surface area contributed by atoms with E-state index in [-0.39, 0.29) is 24.0 Å². The zero-order chi connectivity index (χ0) is 25.8. The van der Waals surface area contributed by atoms with Gasteiger partial charge >= 0.3 is 0 Å². The van der Waals surface area contributed by atoms with E-state index in [1.54, 1.807) is 0 Å². The average molecular weight is 467 g/mol. The lowest BCUT2D eigenvalue weighted by Gasteiger charge is -2.14. The number of nitrogens with one attached hydrogen (secondary N) is 2. The van der Waals surface area contributed by atoms with Gasteiger partial charge in [-0.2, -0.15) is 0 Å². The van der Waals surface area contributed by atoms with Crippen LogP contribution in [-0.4, -0.2) is 17.6 Å². The molecule has 0 unspecified atom stereocenters.